The fourth-order valence-corrected chi connectivity index (χ4v) is 1.93. The molecule has 0 amide bonds. The number of nitrogens with two attached hydrogens (primary N) is 1. The zero-order valence-electron chi connectivity index (χ0n) is 9.82. The molecule has 3 aromatic rings. The van der Waals surface area contributed by atoms with Crippen molar-refractivity contribution >= 4 is 5.65 Å². The van der Waals surface area contributed by atoms with Crippen LogP contribution in [0.5, 0.6) is 0 Å². The van der Waals surface area contributed by atoms with E-state index in [0.717, 1.165) is 23.5 Å². The summed E-state index contributed by atoms with van der Waals surface area (Å²) in [6.07, 6.45) is 4.32. The molecule has 0 atom stereocenters. The Labute approximate surface area is 104 Å². The van der Waals surface area contributed by atoms with Gasteiger partial charge >= 0.3 is 0 Å². The largest absolute Gasteiger partial charge is 0.330 e. The van der Waals surface area contributed by atoms with Crippen molar-refractivity contribution in [2.75, 3.05) is 6.54 Å². The molecule has 0 spiro atoms. The van der Waals surface area contributed by atoms with E-state index in [1.807, 2.05) is 22.6 Å². The minimum absolute atomic E-state index is 0.664. The smallest absolute Gasteiger partial charge is 0.169 e. The van der Waals surface area contributed by atoms with Crippen LogP contribution >= 0.6 is 0 Å². The monoisotopic (exact) mass is 239 g/mol. The Morgan fingerprint density at radius 2 is 1.89 bits per heavy atom. The molecule has 0 saturated carbocycles. The number of nitrogens with zero attached hydrogens (tertiary/aromatic N) is 4. The highest BCUT2D eigenvalue weighted by Gasteiger charge is 2.07. The Bertz CT molecular complexity index is 656. The van der Waals surface area contributed by atoms with Gasteiger partial charge in [0.05, 0.1) is 0 Å². The zero-order valence-corrected chi connectivity index (χ0v) is 9.82. The number of fused-ring (bicyclic) bond motifs is 1. The number of benzene rings is 1. The average molecular weight is 239 g/mol. The van der Waals surface area contributed by atoms with Crippen molar-refractivity contribution in [1.29, 1.82) is 0 Å². The van der Waals surface area contributed by atoms with Crippen molar-refractivity contribution in [3.8, 4) is 11.4 Å². The van der Waals surface area contributed by atoms with E-state index in [1.165, 1.54) is 5.56 Å². The minimum Gasteiger partial charge on any atom is -0.330 e. The second-order valence-electron chi connectivity index (χ2n) is 4.07. The van der Waals surface area contributed by atoms with Gasteiger partial charge in [-0.1, -0.05) is 24.3 Å². The number of rotatable bonds is 3. The van der Waals surface area contributed by atoms with Crippen LogP contribution in [0.1, 0.15) is 5.56 Å². The van der Waals surface area contributed by atoms with Crippen LogP contribution in [-0.2, 0) is 6.42 Å². The van der Waals surface area contributed by atoms with Gasteiger partial charge in [-0.3, -0.25) is 4.40 Å². The second-order valence-corrected chi connectivity index (χ2v) is 4.07. The van der Waals surface area contributed by atoms with Crippen LogP contribution in [0.2, 0.25) is 0 Å². The SMILES string of the molecule is NCCc1ccc(-c2nnc3ccncn23)cc1. The molecule has 0 aliphatic rings. The molecule has 0 unspecified atom stereocenters. The normalized spacial score (nSPS) is 10.9. The van der Waals surface area contributed by atoms with Gasteiger partial charge in [0.15, 0.2) is 11.5 Å². The van der Waals surface area contributed by atoms with E-state index >= 15 is 0 Å². The molecule has 2 heterocycles. The first-order valence-corrected chi connectivity index (χ1v) is 5.82. The topological polar surface area (TPSA) is 69.1 Å². The van der Waals surface area contributed by atoms with Gasteiger partial charge < -0.3 is 5.73 Å². The Morgan fingerprint density at radius 1 is 1.06 bits per heavy atom. The molecular formula is C13H13N5. The Kier molecular flexibility index (Phi) is 2.74. The lowest BCUT2D eigenvalue weighted by Crippen LogP contribution is -2.02. The van der Waals surface area contributed by atoms with Crippen LogP contribution in [0.4, 0.5) is 0 Å². The van der Waals surface area contributed by atoms with Crippen molar-refractivity contribution in [2.45, 2.75) is 6.42 Å². The van der Waals surface area contributed by atoms with Crippen LogP contribution < -0.4 is 5.73 Å². The molecule has 3 rings (SSSR count). The number of aromatic nitrogens is 4. The highest BCUT2D eigenvalue weighted by Crippen LogP contribution is 2.18. The molecule has 2 N–H and O–H groups in total. The number of hydrogen-bond donors (Lipinski definition) is 1. The summed E-state index contributed by atoms with van der Waals surface area (Å²) >= 11 is 0. The quantitative estimate of drug-likeness (QED) is 0.747. The highest BCUT2D eigenvalue weighted by atomic mass is 15.3. The van der Waals surface area contributed by atoms with E-state index in [1.54, 1.807) is 12.5 Å². The molecule has 0 fully saturated rings. The van der Waals surface area contributed by atoms with Gasteiger partial charge in [0, 0.05) is 17.8 Å². The van der Waals surface area contributed by atoms with Crippen LogP contribution in [0.3, 0.4) is 0 Å². The fraction of sp³-hybridized carbons (Fsp3) is 0.154. The standard InChI is InChI=1S/C13H13N5/c14-7-5-10-1-3-11(4-2-10)13-17-16-12-6-8-15-9-18(12)13/h1-4,6,8-9H,5,7,14H2. The molecule has 5 nitrogen and oxygen atoms in total. The molecule has 0 aliphatic carbocycles. The van der Waals surface area contributed by atoms with Gasteiger partial charge in [-0.15, -0.1) is 10.2 Å². The maximum absolute atomic E-state index is 5.53. The maximum atomic E-state index is 5.53. The summed E-state index contributed by atoms with van der Waals surface area (Å²) in [5.41, 5.74) is 8.58. The third kappa shape index (κ3) is 1.84. The average Bonchev–Trinajstić information content (AvgIpc) is 2.84. The molecule has 90 valence electrons. The predicted octanol–water partition coefficient (Wildman–Crippen LogP) is 1.29. The summed E-state index contributed by atoms with van der Waals surface area (Å²) < 4.78 is 1.87. The minimum atomic E-state index is 0.664. The van der Waals surface area contributed by atoms with E-state index in [-0.39, 0.29) is 0 Å². The van der Waals surface area contributed by atoms with Crippen LogP contribution in [-0.4, -0.2) is 26.1 Å². The van der Waals surface area contributed by atoms with E-state index in [4.69, 9.17) is 5.73 Å². The zero-order chi connectivity index (χ0) is 12.4. The van der Waals surface area contributed by atoms with Crippen molar-refractivity contribution in [1.82, 2.24) is 19.6 Å². The first kappa shape index (κ1) is 10.9. The van der Waals surface area contributed by atoms with Gasteiger partial charge in [-0.2, -0.15) is 0 Å². The Balaban J connectivity index is 2.03. The van der Waals surface area contributed by atoms with E-state index in [9.17, 15) is 0 Å². The van der Waals surface area contributed by atoms with Crippen molar-refractivity contribution in [2.24, 2.45) is 5.73 Å². The van der Waals surface area contributed by atoms with E-state index < -0.39 is 0 Å². The van der Waals surface area contributed by atoms with Gasteiger partial charge in [0.2, 0.25) is 0 Å². The van der Waals surface area contributed by atoms with Gasteiger partial charge in [0.25, 0.3) is 0 Å². The summed E-state index contributed by atoms with van der Waals surface area (Å²) in [5, 5.41) is 8.30. The highest BCUT2D eigenvalue weighted by molar-refractivity contribution is 5.59. The third-order valence-corrected chi connectivity index (χ3v) is 2.86. The van der Waals surface area contributed by atoms with Crippen molar-refractivity contribution < 1.29 is 0 Å². The molecule has 0 radical (unpaired) electrons. The molecular weight excluding hydrogens is 226 g/mol. The first-order valence-electron chi connectivity index (χ1n) is 5.82. The van der Waals surface area contributed by atoms with Crippen LogP contribution in [0, 0.1) is 0 Å². The maximum Gasteiger partial charge on any atom is 0.169 e. The predicted molar refractivity (Wildman–Crippen MR) is 69.0 cm³/mol. The third-order valence-electron chi connectivity index (χ3n) is 2.86. The lowest BCUT2D eigenvalue weighted by atomic mass is 10.1. The lowest BCUT2D eigenvalue weighted by Gasteiger charge is -2.01. The second kappa shape index (κ2) is 4.54. The Hall–Kier alpha value is -2.27. The Morgan fingerprint density at radius 3 is 2.67 bits per heavy atom. The number of hydrogen-bond acceptors (Lipinski definition) is 4. The van der Waals surface area contributed by atoms with Gasteiger partial charge in [-0.25, -0.2) is 4.98 Å². The lowest BCUT2D eigenvalue weighted by molar-refractivity contribution is 0.968. The summed E-state index contributed by atoms with van der Waals surface area (Å²) in [6.45, 7) is 0.664. The molecule has 18 heavy (non-hydrogen) atoms. The molecule has 1 aromatic carbocycles. The van der Waals surface area contributed by atoms with Crippen LogP contribution in [0.25, 0.3) is 17.0 Å². The van der Waals surface area contributed by atoms with E-state index in [0.29, 0.717) is 6.54 Å². The molecule has 5 heteroatoms. The van der Waals surface area contributed by atoms with Crippen molar-refractivity contribution in [3.05, 3.63) is 48.4 Å². The van der Waals surface area contributed by atoms with Crippen molar-refractivity contribution in [3.63, 3.8) is 0 Å². The fourth-order valence-electron chi connectivity index (χ4n) is 1.93. The summed E-state index contributed by atoms with van der Waals surface area (Å²) in [5.74, 6) is 0.803. The molecule has 0 saturated heterocycles. The molecule has 0 bridgehead atoms. The summed E-state index contributed by atoms with van der Waals surface area (Å²) in [4.78, 5) is 4.08. The van der Waals surface area contributed by atoms with Gasteiger partial charge in [-0.05, 0) is 18.5 Å². The van der Waals surface area contributed by atoms with Crippen LogP contribution in [0.15, 0.2) is 42.9 Å². The summed E-state index contributed by atoms with van der Waals surface area (Å²) in [6, 6.07) is 10.0. The molecule has 2 aromatic heterocycles. The van der Waals surface area contributed by atoms with E-state index in [2.05, 4.69) is 27.3 Å². The first-order chi connectivity index (χ1) is 8.88. The summed E-state index contributed by atoms with van der Waals surface area (Å²) in [7, 11) is 0. The molecule has 0 aliphatic heterocycles. The van der Waals surface area contributed by atoms with Gasteiger partial charge in [0.1, 0.15) is 6.33 Å².